The number of fused-ring (bicyclic) bond motifs is 1. The molecule has 2 fully saturated rings. The second kappa shape index (κ2) is 2.51. The van der Waals surface area contributed by atoms with Gasteiger partial charge in [-0.25, -0.2) is 0 Å². The molecule has 4 heteroatoms. The van der Waals surface area contributed by atoms with Crippen LogP contribution in [0.4, 0.5) is 0 Å². The van der Waals surface area contributed by atoms with Crippen molar-refractivity contribution in [3.05, 3.63) is 0 Å². The standard InChI is InChI=1S/C10H13ClO3/c1-9(2)4-5(12)6-7(9)10(6,11)8(13)14-3/h6-7H,4H2,1-3H3/t6-,7+,10-/m1/s1. The summed E-state index contributed by atoms with van der Waals surface area (Å²) in [6.07, 6.45) is 0.522. The van der Waals surface area contributed by atoms with E-state index in [0.29, 0.717) is 6.42 Å². The average molecular weight is 217 g/mol. The van der Waals surface area contributed by atoms with Gasteiger partial charge in [0.05, 0.1) is 13.0 Å². The highest BCUT2D eigenvalue weighted by Gasteiger charge is 2.80. The van der Waals surface area contributed by atoms with E-state index in [0.717, 1.165) is 0 Å². The lowest BCUT2D eigenvalue weighted by Crippen LogP contribution is -2.31. The molecule has 2 rings (SSSR count). The molecule has 0 heterocycles. The van der Waals surface area contributed by atoms with Crippen molar-refractivity contribution in [3.63, 3.8) is 0 Å². The molecular weight excluding hydrogens is 204 g/mol. The van der Waals surface area contributed by atoms with Crippen LogP contribution in [0.1, 0.15) is 20.3 Å². The van der Waals surface area contributed by atoms with Gasteiger partial charge < -0.3 is 4.74 Å². The molecule has 78 valence electrons. The number of rotatable bonds is 1. The number of ether oxygens (including phenoxy) is 1. The molecule has 0 amide bonds. The van der Waals surface area contributed by atoms with E-state index in [1.54, 1.807) is 0 Å². The molecule has 0 radical (unpaired) electrons. The van der Waals surface area contributed by atoms with Crippen LogP contribution < -0.4 is 0 Å². The van der Waals surface area contributed by atoms with Gasteiger partial charge in [0.25, 0.3) is 0 Å². The normalized spacial score (nSPS) is 43.3. The molecule has 0 aliphatic heterocycles. The highest BCUT2D eigenvalue weighted by Crippen LogP contribution is 2.70. The van der Waals surface area contributed by atoms with Crippen LogP contribution in [0.3, 0.4) is 0 Å². The number of ketones is 1. The van der Waals surface area contributed by atoms with Gasteiger partial charge in [0.15, 0.2) is 4.87 Å². The van der Waals surface area contributed by atoms with Crippen LogP contribution >= 0.6 is 11.6 Å². The number of hydrogen-bond acceptors (Lipinski definition) is 3. The zero-order chi connectivity index (χ0) is 10.7. The average Bonchev–Trinajstić information content (AvgIpc) is 2.63. The molecule has 2 aliphatic rings. The zero-order valence-electron chi connectivity index (χ0n) is 8.46. The SMILES string of the molecule is COC(=O)[C@@]1(Cl)[C@@H]2C(=O)CC(C)(C)[C@H]21. The summed E-state index contributed by atoms with van der Waals surface area (Å²) in [4.78, 5) is 21.9. The molecule has 2 aliphatic carbocycles. The van der Waals surface area contributed by atoms with Crippen LogP contribution in [0.5, 0.6) is 0 Å². The Balaban J connectivity index is 2.31. The van der Waals surface area contributed by atoms with Crippen molar-refractivity contribution in [2.75, 3.05) is 7.11 Å². The van der Waals surface area contributed by atoms with Gasteiger partial charge in [0, 0.05) is 12.3 Å². The van der Waals surface area contributed by atoms with Crippen molar-refractivity contribution in [2.24, 2.45) is 17.3 Å². The molecule has 0 bridgehead atoms. The third-order valence-electron chi connectivity index (χ3n) is 3.45. The fourth-order valence-electron chi connectivity index (χ4n) is 2.88. The van der Waals surface area contributed by atoms with Gasteiger partial charge >= 0.3 is 5.97 Å². The summed E-state index contributed by atoms with van der Waals surface area (Å²) in [6.45, 7) is 3.95. The topological polar surface area (TPSA) is 43.4 Å². The number of halogens is 1. The van der Waals surface area contributed by atoms with Crippen LogP contribution in [-0.2, 0) is 14.3 Å². The Morgan fingerprint density at radius 3 is 2.50 bits per heavy atom. The summed E-state index contributed by atoms with van der Waals surface area (Å²) in [7, 11) is 1.30. The van der Waals surface area contributed by atoms with Crippen LogP contribution in [0, 0.1) is 17.3 Å². The quantitative estimate of drug-likeness (QED) is 0.491. The Hall–Kier alpha value is -0.570. The third-order valence-corrected chi connectivity index (χ3v) is 4.07. The largest absolute Gasteiger partial charge is 0.468 e. The maximum Gasteiger partial charge on any atom is 0.328 e. The first-order chi connectivity index (χ1) is 6.35. The van der Waals surface area contributed by atoms with Crippen molar-refractivity contribution < 1.29 is 14.3 Å². The van der Waals surface area contributed by atoms with E-state index in [1.807, 2.05) is 13.8 Å². The van der Waals surface area contributed by atoms with Gasteiger partial charge in [-0.3, -0.25) is 9.59 Å². The first kappa shape index (κ1) is 9.97. The van der Waals surface area contributed by atoms with Gasteiger partial charge in [-0.1, -0.05) is 13.8 Å². The number of carbonyl (C=O) groups is 2. The van der Waals surface area contributed by atoms with E-state index in [2.05, 4.69) is 4.74 Å². The second-order valence-corrected chi connectivity index (χ2v) is 5.47. The molecule has 3 nitrogen and oxygen atoms in total. The van der Waals surface area contributed by atoms with Crippen molar-refractivity contribution >= 4 is 23.4 Å². The number of alkyl halides is 1. The van der Waals surface area contributed by atoms with Gasteiger partial charge in [0.1, 0.15) is 5.78 Å². The molecule has 14 heavy (non-hydrogen) atoms. The highest BCUT2D eigenvalue weighted by atomic mass is 35.5. The van der Waals surface area contributed by atoms with E-state index >= 15 is 0 Å². The fourth-order valence-corrected chi connectivity index (χ4v) is 3.56. The Kier molecular flexibility index (Phi) is 1.79. The van der Waals surface area contributed by atoms with Crippen molar-refractivity contribution in [1.82, 2.24) is 0 Å². The minimum Gasteiger partial charge on any atom is -0.468 e. The summed E-state index contributed by atoms with van der Waals surface area (Å²) in [5.41, 5.74) is -0.169. The zero-order valence-corrected chi connectivity index (χ0v) is 9.22. The van der Waals surface area contributed by atoms with E-state index in [9.17, 15) is 9.59 Å². The smallest absolute Gasteiger partial charge is 0.328 e. The molecule has 0 spiro atoms. The highest BCUT2D eigenvalue weighted by molar-refractivity contribution is 6.40. The molecule has 2 saturated carbocycles. The van der Waals surface area contributed by atoms with Gasteiger partial charge in [-0.15, -0.1) is 11.6 Å². The van der Waals surface area contributed by atoms with Gasteiger partial charge in [-0.2, -0.15) is 0 Å². The van der Waals surface area contributed by atoms with Crippen molar-refractivity contribution in [2.45, 2.75) is 25.1 Å². The number of esters is 1. The van der Waals surface area contributed by atoms with Gasteiger partial charge in [0.2, 0.25) is 0 Å². The van der Waals surface area contributed by atoms with E-state index in [1.165, 1.54) is 7.11 Å². The maximum atomic E-state index is 11.6. The molecule has 0 unspecified atom stereocenters. The van der Waals surface area contributed by atoms with Crippen molar-refractivity contribution in [1.29, 1.82) is 0 Å². The predicted molar refractivity (Wildman–Crippen MR) is 51.0 cm³/mol. The Morgan fingerprint density at radius 1 is 1.57 bits per heavy atom. The lowest BCUT2D eigenvalue weighted by Gasteiger charge is -2.22. The molecule has 3 atom stereocenters. The minimum atomic E-state index is -1.06. The van der Waals surface area contributed by atoms with E-state index in [4.69, 9.17) is 11.6 Å². The Labute approximate surface area is 87.8 Å². The molecule has 0 aromatic heterocycles. The summed E-state index contributed by atoms with van der Waals surface area (Å²) in [6, 6.07) is 0. The van der Waals surface area contributed by atoms with Gasteiger partial charge in [-0.05, 0) is 5.41 Å². The number of hydrogen-bond donors (Lipinski definition) is 0. The Bertz CT molecular complexity index is 323. The van der Waals surface area contributed by atoms with Crippen LogP contribution in [0.25, 0.3) is 0 Å². The first-order valence-corrected chi connectivity index (χ1v) is 5.03. The summed E-state index contributed by atoms with van der Waals surface area (Å²) < 4.78 is 4.63. The fraction of sp³-hybridized carbons (Fsp3) is 0.800. The summed E-state index contributed by atoms with van der Waals surface area (Å²) in [5.74, 6) is -0.723. The van der Waals surface area contributed by atoms with Crippen molar-refractivity contribution in [3.8, 4) is 0 Å². The lowest BCUT2D eigenvalue weighted by atomic mass is 9.85. The lowest BCUT2D eigenvalue weighted by molar-refractivity contribution is -0.143. The van der Waals surface area contributed by atoms with Crippen LogP contribution in [0.15, 0.2) is 0 Å². The molecule has 0 aromatic rings. The number of Topliss-reactive ketones (excluding diaryl/α,β-unsaturated/α-hetero) is 1. The molecule has 0 saturated heterocycles. The maximum absolute atomic E-state index is 11.6. The summed E-state index contributed by atoms with van der Waals surface area (Å²) in [5, 5.41) is 0. The Morgan fingerprint density at radius 2 is 2.14 bits per heavy atom. The monoisotopic (exact) mass is 216 g/mol. The molecule has 0 aromatic carbocycles. The minimum absolute atomic E-state index is 0.0448. The van der Waals surface area contributed by atoms with E-state index in [-0.39, 0.29) is 23.0 Å². The second-order valence-electron chi connectivity index (χ2n) is 4.85. The number of methoxy groups -OCH3 is 1. The third kappa shape index (κ3) is 0.937. The summed E-state index contributed by atoms with van der Waals surface area (Å²) >= 11 is 6.15. The van der Waals surface area contributed by atoms with E-state index < -0.39 is 10.8 Å². The molecular formula is C10H13ClO3. The van der Waals surface area contributed by atoms with Crippen LogP contribution in [0.2, 0.25) is 0 Å². The van der Waals surface area contributed by atoms with Crippen LogP contribution in [-0.4, -0.2) is 23.7 Å². The predicted octanol–water partition coefficient (Wildman–Crippen LogP) is 1.38. The number of carbonyl (C=O) groups excluding carboxylic acids is 2. The molecule has 0 N–H and O–H groups in total. The first-order valence-electron chi connectivity index (χ1n) is 4.65.